The summed E-state index contributed by atoms with van der Waals surface area (Å²) >= 11 is 0. The minimum absolute atomic E-state index is 0.137. The minimum atomic E-state index is -0.304. The van der Waals surface area contributed by atoms with Crippen molar-refractivity contribution in [1.29, 1.82) is 5.26 Å². The van der Waals surface area contributed by atoms with Crippen molar-refractivity contribution in [1.82, 2.24) is 15.0 Å². The Hall–Kier alpha value is -4.05. The molecule has 6 nitrogen and oxygen atoms in total. The summed E-state index contributed by atoms with van der Waals surface area (Å²) in [7, 11) is 0. The van der Waals surface area contributed by atoms with Gasteiger partial charge >= 0.3 is 0 Å². The molecule has 142 valence electrons. The molecule has 2 aromatic heterocycles. The van der Waals surface area contributed by atoms with E-state index in [-0.39, 0.29) is 17.2 Å². The summed E-state index contributed by atoms with van der Waals surface area (Å²) in [5.41, 5.74) is 9.58. The zero-order chi connectivity index (χ0) is 20.2. The number of benzene rings is 2. The number of halogens is 1. The van der Waals surface area contributed by atoms with Crippen LogP contribution in [-0.4, -0.2) is 21.5 Å². The largest absolute Gasteiger partial charge is 0.382 e. The second-order valence-electron chi connectivity index (χ2n) is 6.46. The average molecular weight is 384 g/mol. The number of nitrogens with zero attached hydrogens (tertiary/aromatic N) is 4. The van der Waals surface area contributed by atoms with Crippen molar-refractivity contribution in [3.63, 3.8) is 0 Å². The molecule has 7 heteroatoms. The van der Waals surface area contributed by atoms with E-state index in [9.17, 15) is 9.65 Å². The monoisotopic (exact) mass is 384 g/mol. The minimum Gasteiger partial charge on any atom is -0.382 e. The second kappa shape index (κ2) is 7.90. The van der Waals surface area contributed by atoms with E-state index in [4.69, 9.17) is 5.73 Å². The molecule has 0 bridgehead atoms. The Labute approximate surface area is 166 Å². The van der Waals surface area contributed by atoms with Gasteiger partial charge in [0.25, 0.3) is 0 Å². The van der Waals surface area contributed by atoms with E-state index in [1.807, 2.05) is 42.6 Å². The molecular formula is C22H17FN6. The van der Waals surface area contributed by atoms with Crippen LogP contribution in [0.1, 0.15) is 11.1 Å². The predicted molar refractivity (Wildman–Crippen MR) is 110 cm³/mol. The zero-order valence-corrected chi connectivity index (χ0v) is 15.4. The van der Waals surface area contributed by atoms with Crippen LogP contribution in [0.3, 0.4) is 0 Å². The van der Waals surface area contributed by atoms with Gasteiger partial charge in [0.1, 0.15) is 35.4 Å². The first kappa shape index (κ1) is 18.3. The van der Waals surface area contributed by atoms with E-state index in [0.717, 1.165) is 27.6 Å². The van der Waals surface area contributed by atoms with Gasteiger partial charge in [-0.25, -0.2) is 14.4 Å². The first-order chi connectivity index (χ1) is 14.2. The lowest BCUT2D eigenvalue weighted by atomic mass is 9.95. The lowest BCUT2D eigenvalue weighted by Gasteiger charge is -2.14. The number of nitrogen functional groups attached to an aromatic ring is 1. The molecule has 2 heterocycles. The number of anilines is 2. The molecular weight excluding hydrogens is 367 g/mol. The molecule has 29 heavy (non-hydrogen) atoms. The van der Waals surface area contributed by atoms with E-state index < -0.39 is 0 Å². The van der Waals surface area contributed by atoms with Crippen molar-refractivity contribution in [2.45, 2.75) is 6.42 Å². The van der Waals surface area contributed by atoms with Gasteiger partial charge in [-0.15, -0.1) is 0 Å². The fourth-order valence-corrected chi connectivity index (χ4v) is 3.30. The number of nitriles is 1. The van der Waals surface area contributed by atoms with Gasteiger partial charge in [-0.1, -0.05) is 30.3 Å². The van der Waals surface area contributed by atoms with E-state index in [0.29, 0.717) is 18.8 Å². The Balaban J connectivity index is 1.69. The molecule has 0 aliphatic carbocycles. The standard InChI is InChI=1S/C22H17FN6/c23-16-6-7-19-17(10-16)20(14-4-2-1-3-5-14)15(12-27-19)8-9-26-22-18(11-24)21(25)28-13-29-22/h1-7,10,12-13H,8-9H2,(H3,25,26,28,29). The molecule has 0 saturated heterocycles. The number of nitrogens with two attached hydrogens (primary N) is 1. The van der Waals surface area contributed by atoms with Crippen molar-refractivity contribution >= 4 is 22.5 Å². The lowest BCUT2D eigenvalue weighted by Crippen LogP contribution is -2.10. The van der Waals surface area contributed by atoms with E-state index in [1.165, 1.54) is 18.5 Å². The third-order valence-electron chi connectivity index (χ3n) is 4.65. The molecule has 3 N–H and O–H groups in total. The third kappa shape index (κ3) is 3.69. The maximum atomic E-state index is 14.0. The van der Waals surface area contributed by atoms with Crippen LogP contribution < -0.4 is 11.1 Å². The van der Waals surface area contributed by atoms with Crippen LogP contribution in [-0.2, 0) is 6.42 Å². The zero-order valence-electron chi connectivity index (χ0n) is 15.4. The Morgan fingerprint density at radius 2 is 1.90 bits per heavy atom. The van der Waals surface area contributed by atoms with Crippen molar-refractivity contribution in [2.75, 3.05) is 17.6 Å². The summed E-state index contributed by atoms with van der Waals surface area (Å²) in [6.45, 7) is 0.494. The SMILES string of the molecule is N#Cc1c(N)ncnc1NCCc1cnc2ccc(F)cc2c1-c1ccccc1. The van der Waals surface area contributed by atoms with Crippen molar-refractivity contribution in [3.05, 3.63) is 78.0 Å². The highest BCUT2D eigenvalue weighted by atomic mass is 19.1. The number of aromatic nitrogens is 3. The number of nitrogens with one attached hydrogen (secondary N) is 1. The molecule has 0 saturated carbocycles. The van der Waals surface area contributed by atoms with E-state index >= 15 is 0 Å². The molecule has 0 atom stereocenters. The summed E-state index contributed by atoms with van der Waals surface area (Å²) in [5, 5.41) is 13.2. The average Bonchev–Trinajstić information content (AvgIpc) is 2.74. The quantitative estimate of drug-likeness (QED) is 0.541. The smallest absolute Gasteiger partial charge is 0.149 e. The van der Waals surface area contributed by atoms with Crippen molar-refractivity contribution in [3.8, 4) is 17.2 Å². The summed E-state index contributed by atoms with van der Waals surface area (Å²) in [6.07, 6.45) is 3.72. The molecule has 0 spiro atoms. The summed E-state index contributed by atoms with van der Waals surface area (Å²) in [6, 6.07) is 16.5. The number of hydrogen-bond donors (Lipinski definition) is 2. The Morgan fingerprint density at radius 1 is 1.07 bits per heavy atom. The highest BCUT2D eigenvalue weighted by Gasteiger charge is 2.13. The number of pyridine rings is 1. The Bertz CT molecular complexity index is 1220. The third-order valence-corrected chi connectivity index (χ3v) is 4.65. The van der Waals surface area contributed by atoms with Gasteiger partial charge in [-0.05, 0) is 41.3 Å². The molecule has 4 aromatic rings. The summed E-state index contributed by atoms with van der Waals surface area (Å²) < 4.78 is 14.0. The fourth-order valence-electron chi connectivity index (χ4n) is 3.30. The number of fused-ring (bicyclic) bond motifs is 1. The van der Waals surface area contributed by atoms with Crippen LogP contribution in [0.25, 0.3) is 22.0 Å². The van der Waals surface area contributed by atoms with Crippen LogP contribution in [0.15, 0.2) is 61.1 Å². The van der Waals surface area contributed by atoms with Crippen LogP contribution in [0.5, 0.6) is 0 Å². The van der Waals surface area contributed by atoms with Crippen LogP contribution in [0.2, 0.25) is 0 Å². The van der Waals surface area contributed by atoms with Gasteiger partial charge in [0.2, 0.25) is 0 Å². The molecule has 0 unspecified atom stereocenters. The van der Waals surface area contributed by atoms with Crippen LogP contribution in [0, 0.1) is 17.1 Å². The first-order valence-electron chi connectivity index (χ1n) is 9.04. The first-order valence-corrected chi connectivity index (χ1v) is 9.04. The fraction of sp³-hybridized carbons (Fsp3) is 0.0909. The summed E-state index contributed by atoms with van der Waals surface area (Å²) in [4.78, 5) is 12.4. The second-order valence-corrected chi connectivity index (χ2v) is 6.46. The molecule has 0 amide bonds. The summed E-state index contributed by atoms with van der Waals surface area (Å²) in [5.74, 6) is 0.223. The predicted octanol–water partition coefficient (Wildman–Crippen LogP) is 3.94. The van der Waals surface area contributed by atoms with Gasteiger partial charge in [0.15, 0.2) is 0 Å². The van der Waals surface area contributed by atoms with Gasteiger partial charge < -0.3 is 11.1 Å². The van der Waals surface area contributed by atoms with Gasteiger partial charge in [-0.3, -0.25) is 4.98 Å². The molecule has 0 radical (unpaired) electrons. The lowest BCUT2D eigenvalue weighted by molar-refractivity contribution is 0.629. The number of rotatable bonds is 5. The van der Waals surface area contributed by atoms with Gasteiger partial charge in [-0.2, -0.15) is 5.26 Å². The molecule has 4 rings (SSSR count). The topological polar surface area (TPSA) is 101 Å². The van der Waals surface area contributed by atoms with E-state index in [1.54, 1.807) is 6.07 Å². The molecule has 0 fully saturated rings. The van der Waals surface area contributed by atoms with Crippen molar-refractivity contribution < 1.29 is 4.39 Å². The highest BCUT2D eigenvalue weighted by molar-refractivity contribution is 5.96. The maximum Gasteiger partial charge on any atom is 0.149 e. The Morgan fingerprint density at radius 3 is 2.69 bits per heavy atom. The molecule has 0 aliphatic heterocycles. The Kier molecular flexibility index (Phi) is 4.99. The highest BCUT2D eigenvalue weighted by Crippen LogP contribution is 2.32. The van der Waals surface area contributed by atoms with Crippen LogP contribution >= 0.6 is 0 Å². The molecule has 2 aromatic carbocycles. The normalized spacial score (nSPS) is 10.6. The van der Waals surface area contributed by atoms with Crippen LogP contribution in [0.4, 0.5) is 16.0 Å². The molecule has 0 aliphatic rings. The maximum absolute atomic E-state index is 14.0. The van der Waals surface area contributed by atoms with Gasteiger partial charge in [0, 0.05) is 18.1 Å². The van der Waals surface area contributed by atoms with Gasteiger partial charge in [0.05, 0.1) is 5.52 Å². The number of hydrogen-bond acceptors (Lipinski definition) is 6. The van der Waals surface area contributed by atoms with E-state index in [2.05, 4.69) is 20.3 Å². The van der Waals surface area contributed by atoms with Crippen molar-refractivity contribution in [2.24, 2.45) is 0 Å².